The Morgan fingerprint density at radius 2 is 2.20 bits per heavy atom. The number of ether oxygens (including phenoxy) is 1. The van der Waals surface area contributed by atoms with Gasteiger partial charge in [0.2, 0.25) is 0 Å². The van der Waals surface area contributed by atoms with Crippen LogP contribution in [0.4, 0.5) is 0 Å². The van der Waals surface area contributed by atoms with Gasteiger partial charge in [-0.2, -0.15) is 5.10 Å². The molecule has 2 atom stereocenters. The third-order valence-electron chi connectivity index (χ3n) is 5.04. The summed E-state index contributed by atoms with van der Waals surface area (Å²) in [6, 6.07) is 9.37. The van der Waals surface area contributed by atoms with Gasteiger partial charge in [-0.25, -0.2) is 4.79 Å². The standard InChI is InChI=1S/C19H21N3O3/c1-12-9-16(21-20-12)14-6-4-8-22(11-14)18(23)17-10-13-5-2-3-7-15(13)19(24)25-17/h2-3,5,7,9,14,17H,4,6,8,10-11H2,1H3,(H,20,21)/t14-,17+/m0/s1. The molecular formula is C19H21N3O3. The predicted molar refractivity (Wildman–Crippen MR) is 91.2 cm³/mol. The third kappa shape index (κ3) is 3.04. The van der Waals surface area contributed by atoms with Crippen molar-refractivity contribution in [1.29, 1.82) is 0 Å². The van der Waals surface area contributed by atoms with Gasteiger partial charge in [-0.3, -0.25) is 9.89 Å². The van der Waals surface area contributed by atoms with Gasteiger partial charge in [0.05, 0.1) is 11.3 Å². The van der Waals surface area contributed by atoms with E-state index < -0.39 is 12.1 Å². The highest BCUT2D eigenvalue weighted by Gasteiger charge is 2.36. The van der Waals surface area contributed by atoms with Crippen molar-refractivity contribution < 1.29 is 14.3 Å². The zero-order valence-corrected chi connectivity index (χ0v) is 14.2. The highest BCUT2D eigenvalue weighted by molar-refractivity contribution is 5.95. The van der Waals surface area contributed by atoms with Gasteiger partial charge in [0.25, 0.3) is 5.91 Å². The molecule has 2 aromatic rings. The average Bonchev–Trinajstić information content (AvgIpc) is 3.08. The van der Waals surface area contributed by atoms with Crippen molar-refractivity contribution in [3.63, 3.8) is 0 Å². The van der Waals surface area contributed by atoms with Crippen LogP contribution in [0.15, 0.2) is 30.3 Å². The van der Waals surface area contributed by atoms with Crippen molar-refractivity contribution in [3.05, 3.63) is 52.8 Å². The molecular weight excluding hydrogens is 318 g/mol. The van der Waals surface area contributed by atoms with Gasteiger partial charge in [-0.1, -0.05) is 18.2 Å². The molecule has 0 spiro atoms. The van der Waals surface area contributed by atoms with E-state index in [1.54, 1.807) is 6.07 Å². The van der Waals surface area contributed by atoms with Crippen molar-refractivity contribution in [1.82, 2.24) is 15.1 Å². The van der Waals surface area contributed by atoms with Gasteiger partial charge in [-0.05, 0) is 37.5 Å². The molecule has 1 saturated heterocycles. The number of aromatic amines is 1. The number of piperidine rings is 1. The predicted octanol–water partition coefficient (Wildman–Crippen LogP) is 2.21. The molecule has 0 unspecified atom stereocenters. The lowest BCUT2D eigenvalue weighted by molar-refractivity contribution is -0.142. The molecule has 1 amide bonds. The number of hydrogen-bond acceptors (Lipinski definition) is 4. The van der Waals surface area contributed by atoms with Crippen LogP contribution in [0, 0.1) is 6.92 Å². The molecule has 1 aromatic carbocycles. The smallest absolute Gasteiger partial charge is 0.339 e. The Labute approximate surface area is 146 Å². The fourth-order valence-electron chi connectivity index (χ4n) is 3.74. The number of aryl methyl sites for hydroxylation is 1. The lowest BCUT2D eigenvalue weighted by Gasteiger charge is -2.35. The number of nitrogens with one attached hydrogen (secondary N) is 1. The summed E-state index contributed by atoms with van der Waals surface area (Å²) in [7, 11) is 0. The van der Waals surface area contributed by atoms with E-state index >= 15 is 0 Å². The van der Waals surface area contributed by atoms with Crippen molar-refractivity contribution in [3.8, 4) is 0 Å². The SMILES string of the molecule is Cc1cc([C@H]2CCCN(C(=O)[C@H]3Cc4ccccc4C(=O)O3)C2)n[nH]1. The van der Waals surface area contributed by atoms with Gasteiger partial charge < -0.3 is 9.64 Å². The van der Waals surface area contributed by atoms with E-state index in [2.05, 4.69) is 10.2 Å². The van der Waals surface area contributed by atoms with E-state index in [1.165, 1.54) is 0 Å². The number of carbonyl (C=O) groups is 2. The van der Waals surface area contributed by atoms with Crippen molar-refractivity contribution in [2.45, 2.75) is 38.2 Å². The molecule has 1 fully saturated rings. The maximum atomic E-state index is 12.9. The van der Waals surface area contributed by atoms with E-state index in [4.69, 9.17) is 4.74 Å². The second kappa shape index (κ2) is 6.35. The quantitative estimate of drug-likeness (QED) is 0.851. The lowest BCUT2D eigenvalue weighted by atomic mass is 9.93. The Morgan fingerprint density at radius 3 is 3.00 bits per heavy atom. The highest BCUT2D eigenvalue weighted by Crippen LogP contribution is 2.28. The molecule has 6 nitrogen and oxygen atoms in total. The minimum Gasteiger partial charge on any atom is -0.448 e. The van der Waals surface area contributed by atoms with Gasteiger partial charge >= 0.3 is 5.97 Å². The fourth-order valence-corrected chi connectivity index (χ4v) is 3.74. The first kappa shape index (κ1) is 15.9. The molecule has 6 heteroatoms. The molecule has 0 radical (unpaired) electrons. The van der Waals surface area contributed by atoms with E-state index in [-0.39, 0.29) is 11.8 Å². The van der Waals surface area contributed by atoms with Crippen LogP contribution in [0.5, 0.6) is 0 Å². The number of carbonyl (C=O) groups excluding carboxylic acids is 2. The van der Waals surface area contributed by atoms with Crippen LogP contribution in [0.3, 0.4) is 0 Å². The fraction of sp³-hybridized carbons (Fsp3) is 0.421. The number of nitrogens with zero attached hydrogens (tertiary/aromatic N) is 2. The molecule has 130 valence electrons. The van der Waals surface area contributed by atoms with Crippen LogP contribution in [-0.4, -0.2) is 46.2 Å². The third-order valence-corrected chi connectivity index (χ3v) is 5.04. The summed E-state index contributed by atoms with van der Waals surface area (Å²) in [5.41, 5.74) is 3.47. The van der Waals surface area contributed by atoms with Gasteiger partial charge in [0.1, 0.15) is 0 Å². The zero-order chi connectivity index (χ0) is 17.4. The molecule has 4 rings (SSSR count). The number of fused-ring (bicyclic) bond motifs is 1. The maximum Gasteiger partial charge on any atom is 0.339 e. The molecule has 1 aromatic heterocycles. The summed E-state index contributed by atoms with van der Waals surface area (Å²) in [6.07, 6.45) is 1.67. The Bertz CT molecular complexity index is 814. The molecule has 1 N–H and O–H groups in total. The van der Waals surface area contributed by atoms with Crippen LogP contribution in [0.1, 0.15) is 46.1 Å². The van der Waals surface area contributed by atoms with Gasteiger partial charge in [-0.15, -0.1) is 0 Å². The molecule has 2 aliphatic heterocycles. The first-order valence-corrected chi connectivity index (χ1v) is 8.71. The Morgan fingerprint density at radius 1 is 1.36 bits per heavy atom. The number of H-pyrrole nitrogens is 1. The molecule has 0 aliphatic carbocycles. The minimum absolute atomic E-state index is 0.0974. The van der Waals surface area contributed by atoms with Gasteiger partial charge in [0, 0.05) is 31.1 Å². The first-order valence-electron chi connectivity index (χ1n) is 8.71. The van der Waals surface area contributed by atoms with E-state index in [0.717, 1.165) is 29.8 Å². The first-order chi connectivity index (χ1) is 12.1. The molecule has 0 saturated carbocycles. The van der Waals surface area contributed by atoms with Crippen LogP contribution < -0.4 is 0 Å². The second-order valence-electron chi connectivity index (χ2n) is 6.85. The number of amides is 1. The highest BCUT2D eigenvalue weighted by atomic mass is 16.5. The van der Waals surface area contributed by atoms with Crippen LogP contribution in [-0.2, 0) is 16.0 Å². The minimum atomic E-state index is -0.720. The number of benzene rings is 1. The summed E-state index contributed by atoms with van der Waals surface area (Å²) >= 11 is 0. The van der Waals surface area contributed by atoms with Crippen molar-refractivity contribution >= 4 is 11.9 Å². The van der Waals surface area contributed by atoms with Crippen molar-refractivity contribution in [2.75, 3.05) is 13.1 Å². The molecule has 2 aliphatic rings. The molecule has 0 bridgehead atoms. The number of cyclic esters (lactones) is 1. The maximum absolute atomic E-state index is 12.9. The topological polar surface area (TPSA) is 75.3 Å². The summed E-state index contributed by atoms with van der Waals surface area (Å²) in [6.45, 7) is 3.30. The number of aromatic nitrogens is 2. The number of rotatable bonds is 2. The lowest BCUT2D eigenvalue weighted by Crippen LogP contribution is -2.47. The summed E-state index contributed by atoms with van der Waals surface area (Å²) in [4.78, 5) is 26.9. The zero-order valence-electron chi connectivity index (χ0n) is 14.2. The summed E-state index contributed by atoms with van der Waals surface area (Å²) in [5.74, 6) is -0.272. The van der Waals surface area contributed by atoms with Crippen molar-refractivity contribution in [2.24, 2.45) is 0 Å². The van der Waals surface area contributed by atoms with Crippen LogP contribution >= 0.6 is 0 Å². The summed E-state index contributed by atoms with van der Waals surface area (Å²) < 4.78 is 5.42. The number of hydrogen-bond donors (Lipinski definition) is 1. The molecule has 3 heterocycles. The molecule has 25 heavy (non-hydrogen) atoms. The van der Waals surface area contributed by atoms with Crippen LogP contribution in [0.25, 0.3) is 0 Å². The monoisotopic (exact) mass is 339 g/mol. The normalized spacial score (nSPS) is 23.1. The van der Waals surface area contributed by atoms with E-state index in [0.29, 0.717) is 25.1 Å². The largest absolute Gasteiger partial charge is 0.448 e. The number of esters is 1. The second-order valence-corrected chi connectivity index (χ2v) is 6.85. The average molecular weight is 339 g/mol. The Hall–Kier alpha value is -2.63. The van der Waals surface area contributed by atoms with E-state index in [9.17, 15) is 9.59 Å². The summed E-state index contributed by atoms with van der Waals surface area (Å²) in [5, 5.41) is 7.31. The number of likely N-dealkylation sites (tertiary alicyclic amines) is 1. The van der Waals surface area contributed by atoms with Crippen LogP contribution in [0.2, 0.25) is 0 Å². The van der Waals surface area contributed by atoms with E-state index in [1.807, 2.05) is 36.1 Å². The Kier molecular flexibility index (Phi) is 4.03. The Balaban J connectivity index is 1.48. The van der Waals surface area contributed by atoms with Gasteiger partial charge in [0.15, 0.2) is 6.10 Å².